The topological polar surface area (TPSA) is 32.6 Å². The molecule has 0 amide bonds. The Morgan fingerprint density at radius 1 is 0.862 bits per heavy atom. The fourth-order valence-corrected chi connectivity index (χ4v) is 4.40. The first-order valence-corrected chi connectivity index (χ1v) is 11.0. The van der Waals surface area contributed by atoms with Crippen molar-refractivity contribution in [3.8, 4) is 0 Å². The second kappa shape index (κ2) is 8.22. The van der Waals surface area contributed by atoms with E-state index in [4.69, 9.17) is 0 Å². The quantitative estimate of drug-likeness (QED) is 0.579. The van der Waals surface area contributed by atoms with Crippen molar-refractivity contribution in [3.05, 3.63) is 52.1 Å². The molecule has 1 atom stereocenters. The Balaban J connectivity index is 3.12. The van der Waals surface area contributed by atoms with Crippen LogP contribution in [-0.2, 0) is 0 Å². The molecule has 0 heterocycles. The summed E-state index contributed by atoms with van der Waals surface area (Å²) in [6.07, 6.45) is 1.46. The molecule has 1 aliphatic rings. The van der Waals surface area contributed by atoms with E-state index < -0.39 is 6.10 Å². The minimum atomic E-state index is -0.679. The predicted molar refractivity (Wildman–Crippen MR) is 128 cm³/mol. The molecule has 1 unspecified atom stereocenters. The average Bonchev–Trinajstić information content (AvgIpc) is 2.58. The summed E-state index contributed by atoms with van der Waals surface area (Å²) in [4.78, 5) is 4.46. The number of hydrogen-bond donors (Lipinski definition) is 1. The zero-order valence-electron chi connectivity index (χ0n) is 20.4. The molecule has 0 radical (unpaired) electrons. The van der Waals surface area contributed by atoms with Crippen LogP contribution >= 0.6 is 0 Å². The zero-order valence-corrected chi connectivity index (χ0v) is 20.4. The van der Waals surface area contributed by atoms with Crippen molar-refractivity contribution in [3.63, 3.8) is 0 Å². The molecule has 0 saturated carbocycles. The summed E-state index contributed by atoms with van der Waals surface area (Å²) >= 11 is 0. The maximum absolute atomic E-state index is 11.4. The molecule has 1 aromatic rings. The van der Waals surface area contributed by atoms with Crippen molar-refractivity contribution >= 4 is 11.3 Å². The van der Waals surface area contributed by atoms with Crippen LogP contribution in [0.3, 0.4) is 0 Å². The first-order chi connectivity index (χ1) is 13.2. The molecule has 2 heteroatoms. The van der Waals surface area contributed by atoms with Gasteiger partial charge >= 0.3 is 0 Å². The van der Waals surface area contributed by atoms with Crippen molar-refractivity contribution in [1.82, 2.24) is 0 Å². The first-order valence-electron chi connectivity index (χ1n) is 11.0. The normalized spacial score (nSPS) is 20.1. The molecule has 1 aliphatic carbocycles. The highest BCUT2D eigenvalue weighted by Crippen LogP contribution is 2.50. The van der Waals surface area contributed by atoms with E-state index in [9.17, 15) is 5.11 Å². The van der Waals surface area contributed by atoms with E-state index in [1.807, 2.05) is 0 Å². The van der Waals surface area contributed by atoms with Gasteiger partial charge in [0.05, 0.1) is 5.71 Å². The van der Waals surface area contributed by atoms with Crippen LogP contribution in [0, 0.1) is 10.8 Å². The lowest BCUT2D eigenvalue weighted by Gasteiger charge is -2.40. The summed E-state index contributed by atoms with van der Waals surface area (Å²) in [6.45, 7) is 22.5. The third kappa shape index (κ3) is 4.58. The molecule has 0 spiro atoms. The lowest BCUT2D eigenvalue weighted by Crippen LogP contribution is -2.35. The van der Waals surface area contributed by atoms with E-state index in [1.165, 1.54) is 27.8 Å². The number of aliphatic imine (C=N–C) groups is 1. The van der Waals surface area contributed by atoms with E-state index in [-0.39, 0.29) is 10.8 Å². The maximum atomic E-state index is 11.4. The molecule has 1 N–H and O–H groups in total. The Morgan fingerprint density at radius 2 is 1.34 bits per heavy atom. The Bertz CT molecular complexity index is 825. The van der Waals surface area contributed by atoms with Crippen LogP contribution in [0.15, 0.2) is 40.4 Å². The molecule has 0 fully saturated rings. The van der Waals surface area contributed by atoms with Crippen LogP contribution in [0.25, 0.3) is 5.57 Å². The van der Waals surface area contributed by atoms with Crippen molar-refractivity contribution in [2.45, 2.75) is 87.2 Å². The van der Waals surface area contributed by atoms with Gasteiger partial charge in [-0.15, -0.1) is 0 Å². The molecule has 0 bridgehead atoms. The fourth-order valence-electron chi connectivity index (χ4n) is 4.40. The van der Waals surface area contributed by atoms with Gasteiger partial charge in [-0.1, -0.05) is 87.4 Å². The number of allylic oxidation sites excluding steroid dienone is 2. The molecule has 0 saturated heterocycles. The average molecular weight is 396 g/mol. The SMILES string of the molecule is C/N=C1/C=C(C(C)(C)C)C(c2c(C(C)C)cccc2C(C)C)=C(C(C)(C)C)C1O. The van der Waals surface area contributed by atoms with Crippen LogP contribution < -0.4 is 0 Å². The number of nitrogens with zero attached hydrogens (tertiary/aromatic N) is 1. The number of rotatable bonds is 3. The summed E-state index contributed by atoms with van der Waals surface area (Å²) < 4.78 is 0. The molecule has 29 heavy (non-hydrogen) atoms. The van der Waals surface area contributed by atoms with Gasteiger partial charge in [-0.2, -0.15) is 0 Å². The van der Waals surface area contributed by atoms with Gasteiger partial charge in [0.1, 0.15) is 6.10 Å². The number of aliphatic hydroxyl groups is 1. The second-order valence-corrected chi connectivity index (χ2v) is 11.0. The summed E-state index contributed by atoms with van der Waals surface area (Å²) in [5, 5.41) is 11.4. The molecule has 0 aromatic heterocycles. The molecule has 0 aliphatic heterocycles. The van der Waals surface area contributed by atoms with Crippen LogP contribution in [0.4, 0.5) is 0 Å². The van der Waals surface area contributed by atoms with Crippen LogP contribution in [0.5, 0.6) is 0 Å². The van der Waals surface area contributed by atoms with Gasteiger partial charge in [0.25, 0.3) is 0 Å². The first kappa shape index (κ1) is 23.6. The van der Waals surface area contributed by atoms with E-state index in [0.717, 1.165) is 11.3 Å². The summed E-state index contributed by atoms with van der Waals surface area (Å²) in [6, 6.07) is 6.70. The highest BCUT2D eigenvalue weighted by molar-refractivity contribution is 6.09. The minimum Gasteiger partial charge on any atom is -0.382 e. The van der Waals surface area contributed by atoms with Gasteiger partial charge in [-0.25, -0.2) is 0 Å². The summed E-state index contributed by atoms with van der Waals surface area (Å²) in [5.41, 5.74) is 8.12. The third-order valence-corrected chi connectivity index (χ3v) is 5.88. The lowest BCUT2D eigenvalue weighted by molar-refractivity contribution is 0.245. The predicted octanol–water partition coefficient (Wildman–Crippen LogP) is 7.15. The van der Waals surface area contributed by atoms with E-state index >= 15 is 0 Å². The molecule has 160 valence electrons. The summed E-state index contributed by atoms with van der Waals surface area (Å²) in [5.74, 6) is 0.800. The standard InChI is InChI=1S/C27H41NO/c1-16(2)18-13-12-14-19(17(3)4)22(18)23-20(26(5,6)7)15-21(28-11)25(29)24(23)27(8,9)10/h12-17,25,29H,1-11H3/b28-21-. The van der Waals surface area contributed by atoms with Crippen molar-refractivity contribution < 1.29 is 5.11 Å². The van der Waals surface area contributed by atoms with Gasteiger partial charge in [0.2, 0.25) is 0 Å². The molecule has 2 rings (SSSR count). The highest BCUT2D eigenvalue weighted by Gasteiger charge is 2.39. The van der Waals surface area contributed by atoms with Gasteiger partial charge < -0.3 is 5.11 Å². The number of benzene rings is 1. The highest BCUT2D eigenvalue weighted by atomic mass is 16.3. The second-order valence-electron chi connectivity index (χ2n) is 11.0. The molecular formula is C27H41NO. The van der Waals surface area contributed by atoms with Gasteiger partial charge in [-0.05, 0) is 62.2 Å². The van der Waals surface area contributed by atoms with Gasteiger partial charge in [0, 0.05) is 7.05 Å². The number of aliphatic hydroxyl groups excluding tert-OH is 1. The Morgan fingerprint density at radius 3 is 1.69 bits per heavy atom. The molecule has 1 aromatic carbocycles. The van der Waals surface area contributed by atoms with E-state index in [1.54, 1.807) is 7.05 Å². The van der Waals surface area contributed by atoms with Gasteiger partial charge in [-0.3, -0.25) is 4.99 Å². The molecular weight excluding hydrogens is 354 g/mol. The monoisotopic (exact) mass is 395 g/mol. The minimum absolute atomic E-state index is 0.0692. The Hall–Kier alpha value is -1.67. The van der Waals surface area contributed by atoms with Gasteiger partial charge in [0.15, 0.2) is 0 Å². The van der Waals surface area contributed by atoms with Crippen molar-refractivity contribution in [2.75, 3.05) is 7.05 Å². The van der Waals surface area contributed by atoms with Crippen LogP contribution in [-0.4, -0.2) is 24.0 Å². The van der Waals surface area contributed by atoms with Crippen molar-refractivity contribution in [1.29, 1.82) is 0 Å². The smallest absolute Gasteiger partial charge is 0.118 e. The lowest BCUT2D eigenvalue weighted by atomic mass is 9.65. The summed E-state index contributed by atoms with van der Waals surface area (Å²) in [7, 11) is 1.78. The maximum Gasteiger partial charge on any atom is 0.118 e. The molecule has 2 nitrogen and oxygen atoms in total. The fraction of sp³-hybridized carbons (Fsp3) is 0.593. The van der Waals surface area contributed by atoms with Crippen LogP contribution in [0.1, 0.15) is 97.8 Å². The zero-order chi connectivity index (χ0) is 22.3. The van der Waals surface area contributed by atoms with E-state index in [2.05, 4.69) is 98.5 Å². The largest absolute Gasteiger partial charge is 0.382 e. The van der Waals surface area contributed by atoms with Crippen LogP contribution in [0.2, 0.25) is 0 Å². The third-order valence-electron chi connectivity index (χ3n) is 5.88. The van der Waals surface area contributed by atoms with Crippen molar-refractivity contribution in [2.24, 2.45) is 15.8 Å². The Labute approximate surface area is 178 Å². The Kier molecular flexibility index (Phi) is 6.69. The number of hydrogen-bond acceptors (Lipinski definition) is 2. The van der Waals surface area contributed by atoms with E-state index in [0.29, 0.717) is 11.8 Å².